The molecule has 0 fully saturated rings. The Labute approximate surface area is 116 Å². The summed E-state index contributed by atoms with van der Waals surface area (Å²) in [5.41, 5.74) is 8.64. The van der Waals surface area contributed by atoms with E-state index in [1.807, 2.05) is 0 Å². The summed E-state index contributed by atoms with van der Waals surface area (Å²) < 4.78 is 6.10. The van der Waals surface area contributed by atoms with Gasteiger partial charge in [-0.3, -0.25) is 4.90 Å². The lowest BCUT2D eigenvalue weighted by molar-refractivity contribution is 0.104. The van der Waals surface area contributed by atoms with Crippen molar-refractivity contribution in [2.24, 2.45) is 5.73 Å². The van der Waals surface area contributed by atoms with E-state index in [1.165, 1.54) is 30.4 Å². The van der Waals surface area contributed by atoms with Crippen molar-refractivity contribution >= 4 is 0 Å². The zero-order valence-corrected chi connectivity index (χ0v) is 12.4. The molecule has 3 heteroatoms. The van der Waals surface area contributed by atoms with Gasteiger partial charge in [0.05, 0.1) is 5.54 Å². The lowest BCUT2D eigenvalue weighted by Gasteiger charge is -2.35. The number of hydrogen-bond acceptors (Lipinski definition) is 3. The van der Waals surface area contributed by atoms with Crippen LogP contribution in [0.1, 0.15) is 30.9 Å². The van der Waals surface area contributed by atoms with Gasteiger partial charge in [-0.1, -0.05) is 12.1 Å². The molecule has 1 aliphatic rings. The largest absolute Gasteiger partial charge is 0.491 e. The first-order valence-electron chi connectivity index (χ1n) is 7.18. The summed E-state index contributed by atoms with van der Waals surface area (Å²) >= 11 is 0. The topological polar surface area (TPSA) is 38.5 Å². The minimum Gasteiger partial charge on any atom is -0.491 e. The molecule has 1 aliphatic carbocycles. The standard InChI is InChI=1S/C16H26N2O/c1-16(11-17,18(2)3)12-19-15-10-6-8-13-7-4-5-9-14(13)15/h6,8,10H,4-5,7,9,11-12,17H2,1-3H3. The van der Waals surface area contributed by atoms with Crippen LogP contribution in [0.2, 0.25) is 0 Å². The number of rotatable bonds is 5. The molecular weight excluding hydrogens is 236 g/mol. The molecule has 1 aromatic carbocycles. The molecule has 0 saturated heterocycles. The van der Waals surface area contributed by atoms with Gasteiger partial charge in [-0.25, -0.2) is 0 Å². The summed E-state index contributed by atoms with van der Waals surface area (Å²) in [4.78, 5) is 2.14. The summed E-state index contributed by atoms with van der Waals surface area (Å²) in [7, 11) is 4.10. The Kier molecular flexibility index (Phi) is 4.48. The predicted molar refractivity (Wildman–Crippen MR) is 79.7 cm³/mol. The lowest BCUT2D eigenvalue weighted by atomic mass is 9.91. The third kappa shape index (κ3) is 3.10. The number of aryl methyl sites for hydroxylation is 1. The molecule has 0 amide bonds. The van der Waals surface area contributed by atoms with E-state index >= 15 is 0 Å². The maximum Gasteiger partial charge on any atom is 0.122 e. The number of hydrogen-bond donors (Lipinski definition) is 1. The third-order valence-electron chi connectivity index (χ3n) is 4.41. The molecule has 106 valence electrons. The maximum atomic E-state index is 6.10. The van der Waals surface area contributed by atoms with Crippen LogP contribution in [-0.4, -0.2) is 37.7 Å². The normalized spacial score (nSPS) is 17.9. The Hall–Kier alpha value is -1.06. The van der Waals surface area contributed by atoms with E-state index in [2.05, 4.69) is 44.1 Å². The highest BCUT2D eigenvalue weighted by atomic mass is 16.5. The molecule has 0 aliphatic heterocycles. The Morgan fingerprint density at radius 3 is 2.68 bits per heavy atom. The van der Waals surface area contributed by atoms with Crippen molar-refractivity contribution in [1.29, 1.82) is 0 Å². The molecule has 1 atom stereocenters. The molecule has 2 rings (SSSR count). The zero-order valence-electron chi connectivity index (χ0n) is 12.4. The van der Waals surface area contributed by atoms with E-state index < -0.39 is 0 Å². The van der Waals surface area contributed by atoms with Gasteiger partial charge in [-0.05, 0) is 63.9 Å². The van der Waals surface area contributed by atoms with Crippen LogP contribution < -0.4 is 10.5 Å². The van der Waals surface area contributed by atoms with Crippen LogP contribution >= 0.6 is 0 Å². The fourth-order valence-electron chi connectivity index (χ4n) is 2.49. The lowest BCUT2D eigenvalue weighted by Crippen LogP contribution is -2.52. The van der Waals surface area contributed by atoms with E-state index in [1.54, 1.807) is 0 Å². The SMILES string of the molecule is CN(C)C(C)(CN)COc1cccc2c1CCCC2. The number of ether oxygens (including phenoxy) is 1. The fraction of sp³-hybridized carbons (Fsp3) is 0.625. The first-order valence-corrected chi connectivity index (χ1v) is 7.18. The van der Waals surface area contributed by atoms with E-state index in [-0.39, 0.29) is 5.54 Å². The summed E-state index contributed by atoms with van der Waals surface area (Å²) in [5.74, 6) is 1.05. The molecule has 1 aromatic rings. The van der Waals surface area contributed by atoms with Gasteiger partial charge in [0.25, 0.3) is 0 Å². The molecule has 2 N–H and O–H groups in total. The Balaban J connectivity index is 2.12. The van der Waals surface area contributed by atoms with Crippen molar-refractivity contribution in [3.63, 3.8) is 0 Å². The zero-order chi connectivity index (χ0) is 13.9. The van der Waals surface area contributed by atoms with E-state index in [0.717, 1.165) is 12.2 Å². The van der Waals surface area contributed by atoms with Gasteiger partial charge in [0, 0.05) is 6.54 Å². The van der Waals surface area contributed by atoms with Crippen molar-refractivity contribution in [3.05, 3.63) is 29.3 Å². The van der Waals surface area contributed by atoms with Gasteiger partial charge < -0.3 is 10.5 Å². The molecule has 19 heavy (non-hydrogen) atoms. The maximum absolute atomic E-state index is 6.10. The minimum atomic E-state index is -0.114. The molecule has 0 heterocycles. The van der Waals surface area contributed by atoms with Crippen LogP contribution in [0.4, 0.5) is 0 Å². The van der Waals surface area contributed by atoms with Crippen LogP contribution in [0.25, 0.3) is 0 Å². The minimum absolute atomic E-state index is 0.114. The van der Waals surface area contributed by atoms with Gasteiger partial charge >= 0.3 is 0 Å². The van der Waals surface area contributed by atoms with E-state index in [9.17, 15) is 0 Å². The van der Waals surface area contributed by atoms with Gasteiger partial charge in [0.1, 0.15) is 12.4 Å². The second kappa shape index (κ2) is 5.93. The molecule has 0 aromatic heterocycles. The molecule has 0 radical (unpaired) electrons. The number of likely N-dealkylation sites (N-methyl/N-ethyl adjacent to an activating group) is 1. The van der Waals surface area contributed by atoms with Crippen molar-refractivity contribution in [1.82, 2.24) is 4.90 Å². The second-order valence-electron chi connectivity index (χ2n) is 5.99. The fourth-order valence-corrected chi connectivity index (χ4v) is 2.49. The smallest absolute Gasteiger partial charge is 0.122 e. The molecule has 0 saturated carbocycles. The number of benzene rings is 1. The van der Waals surface area contributed by atoms with Crippen molar-refractivity contribution in [2.75, 3.05) is 27.2 Å². The monoisotopic (exact) mass is 262 g/mol. The summed E-state index contributed by atoms with van der Waals surface area (Å²) in [6.07, 6.45) is 4.91. The number of nitrogens with two attached hydrogens (primary N) is 1. The van der Waals surface area contributed by atoms with Gasteiger partial charge in [0.15, 0.2) is 0 Å². The average molecular weight is 262 g/mol. The molecule has 1 unspecified atom stereocenters. The van der Waals surface area contributed by atoms with Crippen LogP contribution in [0, 0.1) is 0 Å². The highest BCUT2D eigenvalue weighted by molar-refractivity contribution is 5.41. The first-order chi connectivity index (χ1) is 9.07. The van der Waals surface area contributed by atoms with Gasteiger partial charge in [-0.2, -0.15) is 0 Å². The van der Waals surface area contributed by atoms with Crippen LogP contribution in [0.3, 0.4) is 0 Å². The molecule has 0 bridgehead atoms. The highest BCUT2D eigenvalue weighted by Crippen LogP contribution is 2.30. The van der Waals surface area contributed by atoms with Crippen molar-refractivity contribution in [3.8, 4) is 5.75 Å². The summed E-state index contributed by atoms with van der Waals surface area (Å²) in [6, 6.07) is 6.43. The van der Waals surface area contributed by atoms with Crippen LogP contribution in [-0.2, 0) is 12.8 Å². The van der Waals surface area contributed by atoms with Gasteiger partial charge in [-0.15, -0.1) is 0 Å². The van der Waals surface area contributed by atoms with Crippen LogP contribution in [0.5, 0.6) is 5.75 Å². The quantitative estimate of drug-likeness (QED) is 0.884. The van der Waals surface area contributed by atoms with Gasteiger partial charge in [0.2, 0.25) is 0 Å². The average Bonchev–Trinajstić information content (AvgIpc) is 2.44. The predicted octanol–water partition coefficient (Wildman–Crippen LogP) is 2.22. The Morgan fingerprint density at radius 1 is 1.26 bits per heavy atom. The summed E-state index contributed by atoms with van der Waals surface area (Å²) in [5, 5.41) is 0. The Morgan fingerprint density at radius 2 is 2.00 bits per heavy atom. The molecule has 3 nitrogen and oxygen atoms in total. The molecular formula is C16H26N2O. The van der Waals surface area contributed by atoms with E-state index in [0.29, 0.717) is 13.2 Å². The van der Waals surface area contributed by atoms with Crippen LogP contribution in [0.15, 0.2) is 18.2 Å². The highest BCUT2D eigenvalue weighted by Gasteiger charge is 2.26. The van der Waals surface area contributed by atoms with Crippen molar-refractivity contribution in [2.45, 2.75) is 38.1 Å². The molecule has 0 spiro atoms. The first kappa shape index (κ1) is 14.4. The summed E-state index contributed by atoms with van der Waals surface area (Å²) in [6.45, 7) is 3.37. The van der Waals surface area contributed by atoms with E-state index in [4.69, 9.17) is 10.5 Å². The third-order valence-corrected chi connectivity index (χ3v) is 4.41. The Bertz CT molecular complexity index is 431. The van der Waals surface area contributed by atoms with Crippen molar-refractivity contribution < 1.29 is 4.74 Å². The number of fused-ring (bicyclic) bond motifs is 1. The number of nitrogens with zero attached hydrogens (tertiary/aromatic N) is 1. The second-order valence-corrected chi connectivity index (χ2v) is 5.99.